The number of Topliss-reactive ketones (excluding diaryl/α,β-unsaturated/α-hetero) is 1. The highest BCUT2D eigenvalue weighted by molar-refractivity contribution is 5.85. The van der Waals surface area contributed by atoms with Gasteiger partial charge in [-0.05, 0) is 51.1 Å². The molecule has 0 spiro atoms. The third kappa shape index (κ3) is 5.82. The van der Waals surface area contributed by atoms with Crippen LogP contribution in [0.5, 0.6) is 0 Å². The van der Waals surface area contributed by atoms with Crippen molar-refractivity contribution in [3.8, 4) is 11.3 Å². The number of anilines is 2. The second-order valence-corrected chi connectivity index (χ2v) is 10.6. The van der Waals surface area contributed by atoms with E-state index < -0.39 is 11.6 Å². The third-order valence-electron chi connectivity index (χ3n) is 7.67. The van der Waals surface area contributed by atoms with Gasteiger partial charge in [0.25, 0.3) is 0 Å². The minimum atomic E-state index is -0.672. The van der Waals surface area contributed by atoms with Gasteiger partial charge in [0.15, 0.2) is 17.4 Å². The smallest absolute Gasteiger partial charge is 0.229 e. The normalized spacial score (nSPS) is 15.5. The zero-order valence-corrected chi connectivity index (χ0v) is 24.2. The Morgan fingerprint density at radius 2 is 1.76 bits per heavy atom. The van der Waals surface area contributed by atoms with Crippen LogP contribution in [0.15, 0.2) is 36.7 Å². The molecule has 41 heavy (non-hydrogen) atoms. The SMILES string of the molecule is CCC(=O)[C@H](c1ccc(Nc2ncc(F)c(-c3cc(F)c4nc(C)n(C(C)C)c4c3)n2)nc1)N1CCN(CC)CC1. The van der Waals surface area contributed by atoms with Gasteiger partial charge in [-0.3, -0.25) is 9.69 Å². The van der Waals surface area contributed by atoms with Crippen LogP contribution >= 0.6 is 0 Å². The number of pyridine rings is 1. The lowest BCUT2D eigenvalue weighted by Crippen LogP contribution is -2.49. The van der Waals surface area contributed by atoms with Crippen LogP contribution in [-0.2, 0) is 4.79 Å². The molecule has 0 bridgehead atoms. The molecule has 1 aliphatic heterocycles. The van der Waals surface area contributed by atoms with Crippen LogP contribution in [0.2, 0.25) is 0 Å². The van der Waals surface area contributed by atoms with E-state index in [4.69, 9.17) is 0 Å². The predicted molar refractivity (Wildman–Crippen MR) is 155 cm³/mol. The van der Waals surface area contributed by atoms with Gasteiger partial charge in [0.2, 0.25) is 5.95 Å². The molecule has 9 nitrogen and oxygen atoms in total. The highest BCUT2D eigenvalue weighted by Crippen LogP contribution is 2.31. The fourth-order valence-corrected chi connectivity index (χ4v) is 5.57. The summed E-state index contributed by atoms with van der Waals surface area (Å²) < 4.78 is 31.8. The zero-order valence-electron chi connectivity index (χ0n) is 24.2. The second-order valence-electron chi connectivity index (χ2n) is 10.6. The molecule has 4 heterocycles. The first kappa shape index (κ1) is 28.7. The Labute approximate surface area is 238 Å². The maximum atomic E-state index is 15.0. The minimum Gasteiger partial charge on any atom is -0.326 e. The summed E-state index contributed by atoms with van der Waals surface area (Å²) >= 11 is 0. The lowest BCUT2D eigenvalue weighted by atomic mass is 10.00. The Balaban J connectivity index is 1.40. The number of hydrogen-bond acceptors (Lipinski definition) is 8. The summed E-state index contributed by atoms with van der Waals surface area (Å²) in [6.07, 6.45) is 3.18. The van der Waals surface area contributed by atoms with E-state index in [9.17, 15) is 9.18 Å². The summed E-state index contributed by atoms with van der Waals surface area (Å²) in [7, 11) is 0. The summed E-state index contributed by atoms with van der Waals surface area (Å²) in [6, 6.07) is 6.28. The van der Waals surface area contributed by atoms with E-state index in [0.717, 1.165) is 44.5 Å². The molecule has 4 aromatic rings. The van der Waals surface area contributed by atoms with Crippen molar-refractivity contribution in [2.45, 2.75) is 53.1 Å². The van der Waals surface area contributed by atoms with Crippen molar-refractivity contribution in [3.63, 3.8) is 0 Å². The molecule has 216 valence electrons. The molecule has 1 N–H and O–H groups in total. The average molecular weight is 563 g/mol. The number of hydrogen-bond donors (Lipinski definition) is 1. The number of likely N-dealkylation sites (N-methyl/N-ethyl adjacent to an activating group) is 1. The molecule has 0 saturated carbocycles. The number of aryl methyl sites for hydroxylation is 1. The van der Waals surface area contributed by atoms with Crippen molar-refractivity contribution in [1.82, 2.24) is 34.3 Å². The van der Waals surface area contributed by atoms with Gasteiger partial charge in [-0.15, -0.1) is 0 Å². The van der Waals surface area contributed by atoms with E-state index in [1.807, 2.05) is 38.3 Å². The van der Waals surface area contributed by atoms with Crippen LogP contribution in [0.4, 0.5) is 20.5 Å². The van der Waals surface area contributed by atoms with E-state index in [1.165, 1.54) is 6.07 Å². The van der Waals surface area contributed by atoms with E-state index in [1.54, 1.807) is 18.3 Å². The Kier molecular flexibility index (Phi) is 8.37. The van der Waals surface area contributed by atoms with E-state index in [-0.39, 0.29) is 40.6 Å². The molecule has 0 radical (unpaired) electrons. The molecular weight excluding hydrogens is 526 g/mol. The number of imidazole rings is 1. The lowest BCUT2D eigenvalue weighted by Gasteiger charge is -2.38. The maximum Gasteiger partial charge on any atom is 0.229 e. The van der Waals surface area contributed by atoms with Gasteiger partial charge in [-0.2, -0.15) is 0 Å². The van der Waals surface area contributed by atoms with Crippen LogP contribution in [-0.4, -0.2) is 72.8 Å². The van der Waals surface area contributed by atoms with E-state index in [2.05, 4.69) is 42.0 Å². The number of halogens is 2. The van der Waals surface area contributed by atoms with Crippen LogP contribution in [0.25, 0.3) is 22.3 Å². The first-order valence-electron chi connectivity index (χ1n) is 14.1. The molecule has 3 aromatic heterocycles. The van der Waals surface area contributed by atoms with E-state index >= 15 is 4.39 Å². The van der Waals surface area contributed by atoms with E-state index in [0.29, 0.717) is 23.6 Å². The number of fused-ring (bicyclic) bond motifs is 1. The summed E-state index contributed by atoms with van der Waals surface area (Å²) in [5, 5.41) is 3.01. The minimum absolute atomic E-state index is 0.0334. The number of carbonyl (C=O) groups excluding carboxylic acids is 1. The summed E-state index contributed by atoms with van der Waals surface area (Å²) in [4.78, 5) is 34.8. The molecule has 11 heteroatoms. The molecule has 0 amide bonds. The Morgan fingerprint density at radius 1 is 1.00 bits per heavy atom. The van der Waals surface area contributed by atoms with Crippen molar-refractivity contribution in [2.24, 2.45) is 0 Å². The zero-order chi connectivity index (χ0) is 29.3. The molecule has 1 fully saturated rings. The van der Waals surface area contributed by atoms with Crippen molar-refractivity contribution in [1.29, 1.82) is 0 Å². The second kappa shape index (κ2) is 12.0. The first-order valence-corrected chi connectivity index (χ1v) is 14.1. The highest BCUT2D eigenvalue weighted by atomic mass is 19.1. The fraction of sp³-hybridized carbons (Fsp3) is 0.433. The molecule has 1 atom stereocenters. The number of carbonyl (C=O) groups is 1. The van der Waals surface area contributed by atoms with Gasteiger partial charge in [0.1, 0.15) is 22.9 Å². The highest BCUT2D eigenvalue weighted by Gasteiger charge is 2.29. The van der Waals surface area contributed by atoms with Crippen molar-refractivity contribution in [3.05, 3.63) is 59.7 Å². The number of ketones is 1. The Bertz CT molecular complexity index is 1540. The standard InChI is InChI=1S/C30H36F2N8O/c1-6-25(41)29(39-12-10-38(7-2)11-13-39)20-8-9-26(33-16-20)36-30-34-17-23(32)27(37-30)21-14-22(31)28-24(15-21)40(18(3)4)19(5)35-28/h8-9,14-18,29H,6-7,10-13H2,1-5H3,(H,33,34,36,37)/t29-/m0/s1. The van der Waals surface area contributed by atoms with Gasteiger partial charge in [0, 0.05) is 50.4 Å². The van der Waals surface area contributed by atoms with Gasteiger partial charge < -0.3 is 14.8 Å². The first-order chi connectivity index (χ1) is 19.7. The van der Waals surface area contributed by atoms with Crippen molar-refractivity contribution in [2.75, 3.05) is 38.0 Å². The predicted octanol–water partition coefficient (Wildman–Crippen LogP) is 5.46. The van der Waals surface area contributed by atoms with Gasteiger partial charge in [-0.25, -0.2) is 28.7 Å². The Hall–Kier alpha value is -3.83. The molecule has 0 aliphatic carbocycles. The maximum absolute atomic E-state index is 15.0. The quantitative estimate of drug-likeness (QED) is 0.288. The number of rotatable bonds is 9. The molecule has 1 aromatic carbocycles. The Morgan fingerprint density at radius 3 is 2.39 bits per heavy atom. The van der Waals surface area contributed by atoms with Gasteiger partial charge in [-0.1, -0.05) is 19.9 Å². The van der Waals surface area contributed by atoms with Crippen LogP contribution in [0.3, 0.4) is 0 Å². The topological polar surface area (TPSA) is 92.1 Å². The van der Waals surface area contributed by atoms with Crippen molar-refractivity contribution >= 4 is 28.6 Å². The number of aromatic nitrogens is 5. The van der Waals surface area contributed by atoms with Gasteiger partial charge in [0.05, 0.1) is 17.8 Å². The summed E-state index contributed by atoms with van der Waals surface area (Å²) in [5.41, 5.74) is 1.89. The molecule has 1 saturated heterocycles. The van der Waals surface area contributed by atoms with Crippen molar-refractivity contribution < 1.29 is 13.6 Å². The summed E-state index contributed by atoms with van der Waals surface area (Å²) in [5.74, 6) is 0.179. The lowest BCUT2D eigenvalue weighted by molar-refractivity contribution is -0.125. The van der Waals surface area contributed by atoms with Gasteiger partial charge >= 0.3 is 0 Å². The molecule has 1 aliphatic rings. The molecular formula is C30H36F2N8O. The number of nitrogens with zero attached hydrogens (tertiary/aromatic N) is 7. The molecule has 0 unspecified atom stereocenters. The van der Waals surface area contributed by atoms with Crippen LogP contribution in [0.1, 0.15) is 57.6 Å². The summed E-state index contributed by atoms with van der Waals surface area (Å²) in [6.45, 7) is 14.3. The van der Waals surface area contributed by atoms with Crippen LogP contribution < -0.4 is 5.32 Å². The largest absolute Gasteiger partial charge is 0.326 e. The monoisotopic (exact) mass is 562 g/mol. The number of piperazine rings is 1. The number of nitrogens with one attached hydrogen (secondary N) is 1. The van der Waals surface area contributed by atoms with Crippen LogP contribution in [0, 0.1) is 18.6 Å². The number of benzene rings is 1. The average Bonchev–Trinajstić information content (AvgIpc) is 3.32. The fourth-order valence-electron chi connectivity index (χ4n) is 5.57. The molecule has 5 rings (SSSR count). The third-order valence-corrected chi connectivity index (χ3v) is 7.67.